The van der Waals surface area contributed by atoms with Gasteiger partial charge in [-0.3, -0.25) is 14.6 Å². The van der Waals surface area contributed by atoms with E-state index in [2.05, 4.69) is 32.1 Å². The second-order valence-electron chi connectivity index (χ2n) is 11.1. The van der Waals surface area contributed by atoms with Crippen LogP contribution >= 0.6 is 11.3 Å². The Hall–Kier alpha value is -3.47. The number of hydrogen-bond acceptors (Lipinski definition) is 11. The lowest BCUT2D eigenvalue weighted by Crippen LogP contribution is -2.55. The van der Waals surface area contributed by atoms with Crippen molar-refractivity contribution < 1.29 is 36.6 Å². The molecule has 0 unspecified atom stereocenters. The molecule has 1 aromatic carbocycles. The molecule has 0 amide bonds. The molecular weight excluding hydrogens is 621 g/mol. The summed E-state index contributed by atoms with van der Waals surface area (Å²) >= 11 is 1.14. The van der Waals surface area contributed by atoms with E-state index in [0.29, 0.717) is 37.1 Å². The quantitative estimate of drug-likeness (QED) is 0.237. The first kappa shape index (κ1) is 32.9. The number of anilines is 3. The largest absolute Gasteiger partial charge is 0.469 e. The van der Waals surface area contributed by atoms with E-state index >= 15 is 4.39 Å². The summed E-state index contributed by atoms with van der Waals surface area (Å²) in [5.41, 5.74) is -0.980. The van der Waals surface area contributed by atoms with Gasteiger partial charge in [-0.05, 0) is 44.5 Å². The number of alkyl halides is 3. The molecule has 2 N–H and O–H groups in total. The highest BCUT2D eigenvalue weighted by molar-refractivity contribution is 7.16. The number of ether oxygens (including phenoxy) is 1. The number of methoxy groups -OCH3 is 1. The summed E-state index contributed by atoms with van der Waals surface area (Å²) in [6.07, 6.45) is -1.46. The molecule has 2 saturated heterocycles. The second kappa shape index (κ2) is 13.9. The number of esters is 1. The summed E-state index contributed by atoms with van der Waals surface area (Å²) in [4.78, 5) is 30.6. The summed E-state index contributed by atoms with van der Waals surface area (Å²) in [5, 5.41) is 13.0. The number of aromatic nitrogens is 3. The number of carbonyl (C=O) groups excluding carboxylic acids is 1. The van der Waals surface area contributed by atoms with E-state index in [-0.39, 0.29) is 65.7 Å². The molecule has 10 nitrogen and oxygen atoms in total. The lowest BCUT2D eigenvalue weighted by Gasteiger charge is -2.41. The van der Waals surface area contributed by atoms with Gasteiger partial charge in [-0.15, -0.1) is 0 Å². The summed E-state index contributed by atoms with van der Waals surface area (Å²) < 4.78 is 75.5. The van der Waals surface area contributed by atoms with Crippen LogP contribution in [0.15, 0.2) is 24.5 Å². The molecule has 0 bridgehead atoms. The average molecular weight is 656 g/mol. The normalized spacial score (nSPS) is 19.7. The first-order valence-electron chi connectivity index (χ1n) is 14.5. The van der Waals surface area contributed by atoms with Gasteiger partial charge in [-0.25, -0.2) is 19.3 Å². The number of hydrogen-bond donors (Lipinski definition) is 2. The minimum atomic E-state index is -4.75. The zero-order valence-electron chi connectivity index (χ0n) is 24.8. The molecule has 45 heavy (non-hydrogen) atoms. The van der Waals surface area contributed by atoms with E-state index in [1.165, 1.54) is 13.4 Å². The Labute approximate surface area is 260 Å². The van der Waals surface area contributed by atoms with E-state index < -0.39 is 23.4 Å². The number of aliphatic hydroxyl groups excluding tert-OH is 1. The van der Waals surface area contributed by atoms with Crippen LogP contribution < -0.4 is 10.2 Å². The Morgan fingerprint density at radius 1 is 1.16 bits per heavy atom. The standard InChI is InChI=1S/C29H34F5N7O3S/c1-17-4-3-6-40(17)14-22-25(18-10-19(29(32,33)34)12-20(30)11-18)37-28(45-22)38-26-24(31)27(36-16-35-26)41-9-8-39(21(13-41)15-42)7-5-23(43)44-2/h10-12,16-17,21,42H,3-9,13-15H2,1-2H3,(H,35,36,37,38)/t17-,21-/m1/s1. The van der Waals surface area contributed by atoms with Gasteiger partial charge in [-0.1, -0.05) is 11.3 Å². The zero-order valence-corrected chi connectivity index (χ0v) is 25.6. The maximum absolute atomic E-state index is 15.8. The van der Waals surface area contributed by atoms with Crippen molar-refractivity contribution in [2.75, 3.05) is 56.7 Å². The van der Waals surface area contributed by atoms with Crippen molar-refractivity contribution in [2.24, 2.45) is 0 Å². The monoisotopic (exact) mass is 655 g/mol. The van der Waals surface area contributed by atoms with Gasteiger partial charge in [0, 0.05) is 49.2 Å². The number of likely N-dealkylation sites (tertiary alicyclic amines) is 1. The van der Waals surface area contributed by atoms with Gasteiger partial charge in [-0.2, -0.15) is 17.6 Å². The Kier molecular flexibility index (Phi) is 10.2. The molecule has 3 aromatic rings. The molecule has 2 aliphatic rings. The van der Waals surface area contributed by atoms with Crippen molar-refractivity contribution in [1.82, 2.24) is 24.8 Å². The van der Waals surface area contributed by atoms with Gasteiger partial charge in [0.15, 0.2) is 16.8 Å². The van der Waals surface area contributed by atoms with Crippen LogP contribution in [0.4, 0.5) is 38.7 Å². The summed E-state index contributed by atoms with van der Waals surface area (Å²) in [6, 6.07) is 2.19. The van der Waals surface area contributed by atoms with Gasteiger partial charge in [0.2, 0.25) is 5.82 Å². The fraction of sp³-hybridized carbons (Fsp3) is 0.517. The van der Waals surface area contributed by atoms with Gasteiger partial charge in [0.25, 0.3) is 0 Å². The van der Waals surface area contributed by atoms with Crippen LogP contribution in [-0.2, 0) is 22.3 Å². The van der Waals surface area contributed by atoms with E-state index in [1.807, 2.05) is 4.90 Å². The number of aliphatic hydroxyl groups is 1. The van der Waals surface area contributed by atoms with Crippen LogP contribution in [0.25, 0.3) is 11.3 Å². The fourth-order valence-electron chi connectivity index (χ4n) is 5.70. The number of rotatable bonds is 10. The molecule has 244 valence electrons. The SMILES string of the molecule is COC(=O)CCN1CCN(c2ncnc(Nc3nc(-c4cc(F)cc(C(F)(F)F)c4)c(CN4CCC[C@H]4C)s3)c2F)C[C@@H]1CO. The molecule has 16 heteroatoms. The molecule has 5 rings (SSSR count). The highest BCUT2D eigenvalue weighted by atomic mass is 32.1. The number of halogens is 5. The maximum atomic E-state index is 15.8. The van der Waals surface area contributed by atoms with Gasteiger partial charge in [0.05, 0.1) is 37.4 Å². The molecule has 0 radical (unpaired) electrons. The molecular formula is C29H34F5N7O3S. The van der Waals surface area contributed by atoms with Gasteiger partial charge >= 0.3 is 12.1 Å². The predicted molar refractivity (Wildman–Crippen MR) is 158 cm³/mol. The Bertz CT molecular complexity index is 1510. The number of piperazine rings is 1. The van der Waals surface area contributed by atoms with Crippen LogP contribution in [0, 0.1) is 11.6 Å². The molecule has 0 spiro atoms. The number of nitrogens with zero attached hydrogens (tertiary/aromatic N) is 6. The number of nitrogens with one attached hydrogen (secondary N) is 1. The molecule has 2 aromatic heterocycles. The Morgan fingerprint density at radius 2 is 1.96 bits per heavy atom. The summed E-state index contributed by atoms with van der Waals surface area (Å²) in [5.74, 6) is -2.37. The summed E-state index contributed by atoms with van der Waals surface area (Å²) in [6.45, 7) is 4.46. The lowest BCUT2D eigenvalue weighted by molar-refractivity contribution is -0.141. The van der Waals surface area contributed by atoms with Crippen LogP contribution in [0.2, 0.25) is 0 Å². The highest BCUT2D eigenvalue weighted by Gasteiger charge is 2.33. The molecule has 0 aliphatic carbocycles. The van der Waals surface area contributed by atoms with Gasteiger partial charge in [0.1, 0.15) is 12.1 Å². The smallest absolute Gasteiger partial charge is 0.416 e. The van der Waals surface area contributed by atoms with E-state index in [1.54, 1.807) is 4.90 Å². The Morgan fingerprint density at radius 3 is 2.64 bits per heavy atom. The second-order valence-corrected chi connectivity index (χ2v) is 12.2. The number of benzene rings is 1. The number of carbonyl (C=O) groups is 1. The molecule has 0 saturated carbocycles. The van der Waals surface area contributed by atoms with E-state index in [9.17, 15) is 27.5 Å². The average Bonchev–Trinajstić information content (AvgIpc) is 3.61. The zero-order chi connectivity index (χ0) is 32.3. The summed E-state index contributed by atoms with van der Waals surface area (Å²) in [7, 11) is 1.31. The van der Waals surface area contributed by atoms with Crippen molar-refractivity contribution in [1.29, 1.82) is 0 Å². The maximum Gasteiger partial charge on any atom is 0.416 e. The van der Waals surface area contributed by atoms with Crippen LogP contribution in [-0.4, -0.2) is 94.4 Å². The highest BCUT2D eigenvalue weighted by Crippen LogP contribution is 2.39. The van der Waals surface area contributed by atoms with E-state index in [4.69, 9.17) is 4.74 Å². The minimum absolute atomic E-state index is 0.00131. The fourth-order valence-corrected chi connectivity index (χ4v) is 6.71. The lowest BCUT2D eigenvalue weighted by atomic mass is 10.1. The third kappa shape index (κ3) is 7.68. The molecule has 4 heterocycles. The van der Waals surface area contributed by atoms with Crippen molar-refractivity contribution in [3.8, 4) is 11.3 Å². The predicted octanol–water partition coefficient (Wildman–Crippen LogP) is 4.67. The topological polar surface area (TPSA) is 107 Å². The Balaban J connectivity index is 1.41. The van der Waals surface area contributed by atoms with Crippen LogP contribution in [0.5, 0.6) is 0 Å². The van der Waals surface area contributed by atoms with Crippen LogP contribution in [0.3, 0.4) is 0 Å². The van der Waals surface area contributed by atoms with Gasteiger partial charge < -0.3 is 20.1 Å². The minimum Gasteiger partial charge on any atom is -0.469 e. The molecule has 2 aliphatic heterocycles. The van der Waals surface area contributed by atoms with Crippen molar-refractivity contribution in [3.63, 3.8) is 0 Å². The molecule has 2 fully saturated rings. The van der Waals surface area contributed by atoms with Crippen LogP contribution in [0.1, 0.15) is 36.6 Å². The molecule has 2 atom stereocenters. The number of thiazole rings is 1. The third-order valence-corrected chi connectivity index (χ3v) is 9.13. The first-order chi connectivity index (χ1) is 21.5. The van der Waals surface area contributed by atoms with Crippen molar-refractivity contribution in [2.45, 2.75) is 51.0 Å². The van der Waals surface area contributed by atoms with Crippen molar-refractivity contribution in [3.05, 3.63) is 46.6 Å². The van der Waals surface area contributed by atoms with E-state index in [0.717, 1.165) is 42.9 Å². The first-order valence-corrected chi connectivity index (χ1v) is 15.3. The third-order valence-electron chi connectivity index (χ3n) is 8.18. The van der Waals surface area contributed by atoms with Crippen molar-refractivity contribution >= 4 is 34.1 Å².